The van der Waals surface area contributed by atoms with Crippen molar-refractivity contribution < 1.29 is 9.59 Å². The van der Waals surface area contributed by atoms with Crippen molar-refractivity contribution in [2.45, 2.75) is 260 Å². The van der Waals surface area contributed by atoms with E-state index in [2.05, 4.69) is 215 Å². The number of hydrogen-bond donors (Lipinski definition) is 0. The maximum absolute atomic E-state index is 11.4. The van der Waals surface area contributed by atoms with Crippen LogP contribution in [0.3, 0.4) is 0 Å². The fourth-order valence-corrected chi connectivity index (χ4v) is 8.55. The fraction of sp³-hybridized carbons (Fsp3) is 0.481. The van der Waals surface area contributed by atoms with Crippen LogP contribution >= 0.6 is 50.7 Å². The van der Waals surface area contributed by atoms with E-state index < -0.39 is 0 Å². The van der Waals surface area contributed by atoms with Gasteiger partial charge in [0.15, 0.2) is 11.6 Å². The first-order valence-corrected chi connectivity index (χ1v) is 35.2. The van der Waals surface area contributed by atoms with Gasteiger partial charge in [-0.2, -0.15) is 0 Å². The Bertz CT molecular complexity index is 2710. The van der Waals surface area contributed by atoms with Crippen LogP contribution in [-0.2, 0) is 5.41 Å². The average Bonchev–Trinajstić information content (AvgIpc) is 3.75. The summed E-state index contributed by atoms with van der Waals surface area (Å²) in [5.74, 6) is 2.92. The van der Waals surface area contributed by atoms with E-state index in [1.54, 1.807) is 6.07 Å². The maximum atomic E-state index is 11.4. The number of benzene rings is 7. The van der Waals surface area contributed by atoms with Gasteiger partial charge >= 0.3 is 0 Å². The molecule has 87 heavy (non-hydrogen) atoms. The third-order valence-corrected chi connectivity index (χ3v) is 16.0. The van der Waals surface area contributed by atoms with E-state index in [1.165, 1.54) is 82.6 Å². The average molecular weight is 1320 g/mol. The molecule has 0 radical (unpaired) electrons. The van der Waals surface area contributed by atoms with Gasteiger partial charge in [-0.25, -0.2) is 0 Å². The summed E-state index contributed by atoms with van der Waals surface area (Å²) in [6.45, 7) is 55.8. The lowest BCUT2D eigenvalue weighted by molar-refractivity contribution is 0.101. The van der Waals surface area contributed by atoms with Gasteiger partial charge < -0.3 is 0 Å². The van der Waals surface area contributed by atoms with Gasteiger partial charge in [-0.15, -0.1) is 0 Å². The Morgan fingerprint density at radius 1 is 0.402 bits per heavy atom. The highest BCUT2D eigenvalue weighted by atomic mass is 79.9. The number of Topliss-reactive ketones (excluding diaryl/α,β-unsaturated/α-hetero) is 2. The molecule has 0 bridgehead atoms. The van der Waals surface area contributed by atoms with Crippen LogP contribution in [0.1, 0.15) is 309 Å². The monoisotopic (exact) mass is 1310 g/mol. The number of carbonyl (C=O) groups is 2. The fourth-order valence-electron chi connectivity index (χ4n) is 7.70. The van der Waals surface area contributed by atoms with Crippen LogP contribution < -0.4 is 0 Å². The molecule has 7 rings (SSSR count). The zero-order valence-electron chi connectivity index (χ0n) is 60.0. The minimum absolute atomic E-state index is 0.00709. The first-order valence-electron chi connectivity index (χ1n) is 33.2. The minimum Gasteiger partial charge on any atom is -0.295 e. The summed E-state index contributed by atoms with van der Waals surface area (Å²) in [7, 11) is 0. The van der Waals surface area contributed by atoms with Gasteiger partial charge in [0.1, 0.15) is 0 Å². The molecule has 488 valence electrons. The van der Waals surface area contributed by atoms with Crippen LogP contribution in [0.4, 0.5) is 0 Å². The van der Waals surface area contributed by atoms with E-state index in [-0.39, 0.29) is 11.6 Å². The summed E-state index contributed by atoms with van der Waals surface area (Å²) in [4.78, 5) is 22.7. The van der Waals surface area contributed by atoms with E-state index in [4.69, 9.17) is 34.8 Å². The molecule has 5 atom stereocenters. The Kier molecular flexibility index (Phi) is 59.5. The van der Waals surface area contributed by atoms with Crippen molar-refractivity contribution in [3.63, 3.8) is 0 Å². The zero-order chi connectivity index (χ0) is 68.3. The molecule has 5 unspecified atom stereocenters. The highest BCUT2D eigenvalue weighted by Gasteiger charge is 2.17. The standard InChI is InChI=1S/C14H18O2.C14H16.C11H16.C10H13Br.C10H12Cl2.C10H13Cl.6C2H6/c1-5-9(2)12-6-13(10(3)15)8-14(7-12)11(4)16;1-3-11(2)13-10-6-8-12-7-4-5-9-14(12)13;1-4-11(2,3)10-8-6-5-7-9-10;1-3-8(2)9-5-4-6-10(11)7-9;1-3-7(2)8-4-5-9(11)10(12)6-8;1-3-8(2)9-4-6-10(11)7-5-9;6*1-2/h6-9H,5H2,1-4H3;4-11H,3H2,1-2H3;5-9H,4H2,1-3H3;4-8H,3H2,1-2H3;4-7H,3H2,1-2H3;4-8H,3H2,1-2H3;6*1-2H3. The third-order valence-electron chi connectivity index (χ3n) is 14.6. The number of hydrogen-bond acceptors (Lipinski definition) is 2. The van der Waals surface area contributed by atoms with Crippen molar-refractivity contribution >= 4 is 73.1 Å². The molecular formula is C81H124BrCl3O2. The van der Waals surface area contributed by atoms with E-state index in [1.807, 2.05) is 126 Å². The van der Waals surface area contributed by atoms with Crippen LogP contribution in [0.5, 0.6) is 0 Å². The summed E-state index contributed by atoms with van der Waals surface area (Å²) in [6, 6.07) is 53.8. The maximum Gasteiger partial charge on any atom is 0.159 e. The van der Waals surface area contributed by atoms with Gasteiger partial charge in [-0.1, -0.05) is 327 Å². The molecule has 7 aromatic carbocycles. The quantitative estimate of drug-likeness (QED) is 0.102. The van der Waals surface area contributed by atoms with Crippen LogP contribution in [-0.4, -0.2) is 11.6 Å². The van der Waals surface area contributed by atoms with Crippen LogP contribution in [0.2, 0.25) is 15.1 Å². The minimum atomic E-state index is 0.00709. The molecular weight excluding hydrogens is 1190 g/mol. The number of halogens is 4. The molecule has 2 nitrogen and oxygen atoms in total. The molecule has 0 spiro atoms. The van der Waals surface area contributed by atoms with Crippen molar-refractivity contribution in [3.8, 4) is 0 Å². The Balaban J connectivity index is -0.000000299. The van der Waals surface area contributed by atoms with Crippen molar-refractivity contribution in [3.05, 3.63) is 222 Å². The van der Waals surface area contributed by atoms with Gasteiger partial charge in [0.2, 0.25) is 0 Å². The number of ketones is 2. The summed E-state index contributed by atoms with van der Waals surface area (Å²) < 4.78 is 1.18. The van der Waals surface area contributed by atoms with Crippen LogP contribution in [0.25, 0.3) is 10.8 Å². The second-order valence-corrected chi connectivity index (χ2v) is 22.6. The Hall–Kier alpha value is -4.51. The predicted octanol–water partition coefficient (Wildman–Crippen LogP) is 29.8. The van der Waals surface area contributed by atoms with Crippen molar-refractivity contribution in [1.82, 2.24) is 0 Å². The smallest absolute Gasteiger partial charge is 0.159 e. The predicted molar refractivity (Wildman–Crippen MR) is 404 cm³/mol. The van der Waals surface area contributed by atoms with E-state index in [9.17, 15) is 9.59 Å². The first-order chi connectivity index (χ1) is 41.6. The molecule has 6 heteroatoms. The van der Waals surface area contributed by atoms with Gasteiger partial charge in [0.05, 0.1) is 10.0 Å². The first kappa shape index (κ1) is 91.2. The molecule has 0 fully saturated rings. The molecule has 0 heterocycles. The summed E-state index contributed by atoms with van der Waals surface area (Å²) >= 11 is 20.9. The molecule has 0 aliphatic rings. The normalized spacial score (nSPS) is 11.3. The van der Waals surface area contributed by atoms with Gasteiger partial charge in [-0.05, 0) is 186 Å². The number of fused-ring (bicyclic) bond motifs is 1. The van der Waals surface area contributed by atoms with Gasteiger partial charge in [0, 0.05) is 20.6 Å². The second kappa shape index (κ2) is 56.7. The lowest BCUT2D eigenvalue weighted by Crippen LogP contribution is -2.14. The molecule has 0 saturated heterocycles. The highest BCUT2D eigenvalue weighted by molar-refractivity contribution is 9.10. The number of rotatable bonds is 14. The van der Waals surface area contributed by atoms with Gasteiger partial charge in [0.25, 0.3) is 0 Å². The molecule has 0 N–H and O–H groups in total. The molecule has 0 aliphatic heterocycles. The Morgan fingerprint density at radius 3 is 1.22 bits per heavy atom. The Morgan fingerprint density at radius 2 is 0.793 bits per heavy atom. The van der Waals surface area contributed by atoms with E-state index in [0.29, 0.717) is 56.2 Å². The molecule has 0 aliphatic carbocycles. The summed E-state index contributed by atoms with van der Waals surface area (Å²) in [5.41, 5.74) is 9.62. The van der Waals surface area contributed by atoms with E-state index in [0.717, 1.165) is 23.4 Å². The molecule has 0 saturated carbocycles. The second-order valence-electron chi connectivity index (χ2n) is 20.5. The van der Waals surface area contributed by atoms with Gasteiger partial charge in [-0.3, -0.25) is 9.59 Å². The van der Waals surface area contributed by atoms with E-state index >= 15 is 0 Å². The third kappa shape index (κ3) is 37.9. The largest absolute Gasteiger partial charge is 0.295 e. The van der Waals surface area contributed by atoms with Crippen molar-refractivity contribution in [2.24, 2.45) is 0 Å². The molecule has 0 aromatic heterocycles. The summed E-state index contributed by atoms with van der Waals surface area (Å²) in [6.07, 6.45) is 6.90. The van der Waals surface area contributed by atoms with Crippen molar-refractivity contribution in [1.29, 1.82) is 0 Å². The zero-order valence-corrected chi connectivity index (χ0v) is 63.8. The van der Waals surface area contributed by atoms with Crippen LogP contribution in [0.15, 0.2) is 162 Å². The topological polar surface area (TPSA) is 34.1 Å². The molecule has 7 aromatic rings. The van der Waals surface area contributed by atoms with Crippen LogP contribution in [0, 0.1) is 0 Å². The molecule has 0 amide bonds. The highest BCUT2D eigenvalue weighted by Crippen LogP contribution is 2.30. The van der Waals surface area contributed by atoms with Crippen molar-refractivity contribution in [2.75, 3.05) is 0 Å². The lowest BCUT2D eigenvalue weighted by atomic mass is 9.82. The lowest BCUT2D eigenvalue weighted by Gasteiger charge is -2.22. The summed E-state index contributed by atoms with van der Waals surface area (Å²) in [5, 5.41) is 4.85. The number of carbonyl (C=O) groups excluding carboxylic acids is 2. The Labute approximate surface area is 561 Å². The SMILES string of the molecule is CC.CC.CC.CC.CC.CC.CCC(C)(C)c1ccccc1.CCC(C)c1cc(C(C)=O)cc(C(C)=O)c1.CCC(C)c1ccc(Cl)c(Cl)c1.CCC(C)c1ccc(Cl)cc1.CCC(C)c1cccc(Br)c1.CCC(C)c1cccc2ccccc12.